The number of nitro groups is 1. The summed E-state index contributed by atoms with van der Waals surface area (Å²) in [6.07, 6.45) is 2.24. The SMILES string of the molecule is O=[N+]([O-])c1ccc(C(c2c(O)ccc3ccccc23)N2CCCC2)cc1. The molecule has 132 valence electrons. The maximum Gasteiger partial charge on any atom is 0.269 e. The molecule has 3 aromatic carbocycles. The third-order valence-electron chi connectivity index (χ3n) is 5.15. The molecule has 1 N–H and O–H groups in total. The lowest BCUT2D eigenvalue weighted by Gasteiger charge is -2.30. The predicted octanol–water partition coefficient (Wildman–Crippen LogP) is 4.64. The summed E-state index contributed by atoms with van der Waals surface area (Å²) in [7, 11) is 0. The molecule has 0 amide bonds. The van der Waals surface area contributed by atoms with Crippen LogP contribution in [0.5, 0.6) is 5.75 Å². The summed E-state index contributed by atoms with van der Waals surface area (Å²) < 4.78 is 0. The fourth-order valence-electron chi connectivity index (χ4n) is 3.91. The molecule has 1 atom stereocenters. The van der Waals surface area contributed by atoms with E-state index in [1.807, 2.05) is 42.5 Å². The minimum absolute atomic E-state index is 0.0797. The van der Waals surface area contributed by atoms with Crippen LogP contribution in [0, 0.1) is 10.1 Å². The zero-order valence-corrected chi connectivity index (χ0v) is 14.3. The van der Waals surface area contributed by atoms with Gasteiger partial charge in [0, 0.05) is 17.7 Å². The molecular weight excluding hydrogens is 328 g/mol. The number of rotatable bonds is 4. The van der Waals surface area contributed by atoms with Crippen LogP contribution in [-0.4, -0.2) is 28.0 Å². The number of nitro benzene ring substituents is 1. The average Bonchev–Trinajstić information content (AvgIpc) is 3.18. The number of fused-ring (bicyclic) bond motifs is 1. The first-order valence-electron chi connectivity index (χ1n) is 8.84. The van der Waals surface area contributed by atoms with E-state index in [0.717, 1.165) is 47.8 Å². The Bertz CT molecular complexity index is 947. The molecule has 4 rings (SSSR count). The molecule has 1 heterocycles. The minimum atomic E-state index is -0.385. The summed E-state index contributed by atoms with van der Waals surface area (Å²) in [5, 5.41) is 23.8. The number of nitrogens with zero attached hydrogens (tertiary/aromatic N) is 2. The molecule has 26 heavy (non-hydrogen) atoms. The molecule has 0 aromatic heterocycles. The smallest absolute Gasteiger partial charge is 0.269 e. The third-order valence-corrected chi connectivity index (χ3v) is 5.15. The van der Waals surface area contributed by atoms with Crippen LogP contribution >= 0.6 is 0 Å². The van der Waals surface area contributed by atoms with Crippen LogP contribution in [0.3, 0.4) is 0 Å². The van der Waals surface area contributed by atoms with Crippen LogP contribution in [0.1, 0.15) is 30.0 Å². The number of hydrogen-bond donors (Lipinski definition) is 1. The van der Waals surface area contributed by atoms with E-state index in [1.165, 1.54) is 0 Å². The molecule has 1 fully saturated rings. The van der Waals surface area contributed by atoms with Crippen molar-refractivity contribution >= 4 is 16.5 Å². The molecule has 1 unspecified atom stereocenters. The van der Waals surface area contributed by atoms with Crippen molar-refractivity contribution in [1.29, 1.82) is 0 Å². The summed E-state index contributed by atoms with van der Waals surface area (Å²) >= 11 is 0. The summed E-state index contributed by atoms with van der Waals surface area (Å²) in [6.45, 7) is 1.90. The zero-order valence-electron chi connectivity index (χ0n) is 14.3. The Kier molecular flexibility index (Phi) is 4.31. The second kappa shape index (κ2) is 6.77. The maximum absolute atomic E-state index is 11.0. The molecule has 1 saturated heterocycles. The standard InChI is InChI=1S/C21H20N2O3/c24-19-12-9-15-5-1-2-6-18(15)20(19)21(22-13-3-4-14-22)16-7-10-17(11-8-16)23(25)26/h1-2,5-12,21,24H,3-4,13-14H2. The highest BCUT2D eigenvalue weighted by Gasteiger charge is 2.29. The molecule has 0 spiro atoms. The summed E-state index contributed by atoms with van der Waals surface area (Å²) in [5.41, 5.74) is 1.92. The first-order valence-corrected chi connectivity index (χ1v) is 8.84. The van der Waals surface area contributed by atoms with E-state index in [1.54, 1.807) is 18.2 Å². The quantitative estimate of drug-likeness (QED) is 0.551. The Balaban J connectivity index is 1.89. The molecule has 0 radical (unpaired) electrons. The van der Waals surface area contributed by atoms with Crippen molar-refractivity contribution < 1.29 is 10.0 Å². The zero-order chi connectivity index (χ0) is 18.1. The lowest BCUT2D eigenvalue weighted by atomic mass is 9.91. The van der Waals surface area contributed by atoms with Gasteiger partial charge in [0.15, 0.2) is 0 Å². The van der Waals surface area contributed by atoms with Gasteiger partial charge in [-0.1, -0.05) is 42.5 Å². The molecule has 0 bridgehead atoms. The third kappa shape index (κ3) is 2.91. The number of benzene rings is 3. The lowest BCUT2D eigenvalue weighted by molar-refractivity contribution is -0.384. The minimum Gasteiger partial charge on any atom is -0.508 e. The van der Waals surface area contributed by atoms with Crippen molar-refractivity contribution in [3.8, 4) is 5.75 Å². The van der Waals surface area contributed by atoms with Gasteiger partial charge in [-0.25, -0.2) is 0 Å². The van der Waals surface area contributed by atoms with Gasteiger partial charge in [0.25, 0.3) is 5.69 Å². The molecule has 5 heteroatoms. The lowest BCUT2D eigenvalue weighted by Crippen LogP contribution is -2.26. The Morgan fingerprint density at radius 3 is 2.35 bits per heavy atom. The molecule has 1 aliphatic rings. The molecule has 3 aromatic rings. The highest BCUT2D eigenvalue weighted by Crippen LogP contribution is 2.40. The number of aromatic hydroxyl groups is 1. The number of phenolic OH excluding ortho intramolecular Hbond substituents is 1. The van der Waals surface area contributed by atoms with Crippen LogP contribution < -0.4 is 0 Å². The van der Waals surface area contributed by atoms with Gasteiger partial charge in [0.2, 0.25) is 0 Å². The van der Waals surface area contributed by atoms with E-state index in [-0.39, 0.29) is 22.4 Å². The predicted molar refractivity (Wildman–Crippen MR) is 101 cm³/mol. The van der Waals surface area contributed by atoms with Crippen molar-refractivity contribution in [2.75, 3.05) is 13.1 Å². The summed E-state index contributed by atoms with van der Waals surface area (Å²) in [4.78, 5) is 13.0. The Morgan fingerprint density at radius 2 is 1.65 bits per heavy atom. The fourth-order valence-corrected chi connectivity index (χ4v) is 3.91. The monoisotopic (exact) mass is 348 g/mol. The van der Waals surface area contributed by atoms with E-state index < -0.39 is 0 Å². The van der Waals surface area contributed by atoms with Gasteiger partial charge < -0.3 is 5.11 Å². The van der Waals surface area contributed by atoms with Gasteiger partial charge in [-0.2, -0.15) is 0 Å². The van der Waals surface area contributed by atoms with Crippen molar-refractivity contribution in [2.45, 2.75) is 18.9 Å². The highest BCUT2D eigenvalue weighted by molar-refractivity contribution is 5.88. The summed E-state index contributed by atoms with van der Waals surface area (Å²) in [6, 6.07) is 18.3. The maximum atomic E-state index is 11.0. The topological polar surface area (TPSA) is 66.6 Å². The average molecular weight is 348 g/mol. The Labute approximate surface area is 151 Å². The van der Waals surface area contributed by atoms with Crippen LogP contribution in [0.15, 0.2) is 60.7 Å². The van der Waals surface area contributed by atoms with Crippen LogP contribution in [0.25, 0.3) is 10.8 Å². The second-order valence-corrected chi connectivity index (χ2v) is 6.71. The van der Waals surface area contributed by atoms with Gasteiger partial charge in [-0.05, 0) is 48.3 Å². The van der Waals surface area contributed by atoms with Crippen molar-refractivity contribution in [2.24, 2.45) is 0 Å². The largest absolute Gasteiger partial charge is 0.508 e. The fraction of sp³-hybridized carbons (Fsp3) is 0.238. The summed E-state index contributed by atoms with van der Waals surface area (Å²) in [5.74, 6) is 0.263. The van der Waals surface area contributed by atoms with Gasteiger partial charge in [-0.3, -0.25) is 15.0 Å². The molecule has 0 aliphatic carbocycles. The van der Waals surface area contributed by atoms with Gasteiger partial charge in [0.1, 0.15) is 5.75 Å². The first kappa shape index (κ1) is 16.5. The van der Waals surface area contributed by atoms with E-state index in [0.29, 0.717) is 0 Å². The van der Waals surface area contributed by atoms with Crippen LogP contribution in [-0.2, 0) is 0 Å². The first-order chi connectivity index (χ1) is 12.6. The van der Waals surface area contributed by atoms with Crippen molar-refractivity contribution in [1.82, 2.24) is 4.90 Å². The van der Waals surface area contributed by atoms with Gasteiger partial charge in [-0.15, -0.1) is 0 Å². The molecular formula is C21H20N2O3. The Morgan fingerprint density at radius 1 is 0.962 bits per heavy atom. The van der Waals surface area contributed by atoms with Crippen molar-refractivity contribution in [3.63, 3.8) is 0 Å². The normalized spacial score (nSPS) is 16.0. The molecule has 1 aliphatic heterocycles. The highest BCUT2D eigenvalue weighted by atomic mass is 16.6. The number of hydrogen-bond acceptors (Lipinski definition) is 4. The van der Waals surface area contributed by atoms with Gasteiger partial charge in [0.05, 0.1) is 11.0 Å². The number of phenols is 1. The number of likely N-dealkylation sites (tertiary alicyclic amines) is 1. The number of non-ortho nitro benzene ring substituents is 1. The van der Waals surface area contributed by atoms with E-state index >= 15 is 0 Å². The van der Waals surface area contributed by atoms with Gasteiger partial charge >= 0.3 is 0 Å². The Hall–Kier alpha value is -2.92. The second-order valence-electron chi connectivity index (χ2n) is 6.71. The molecule has 0 saturated carbocycles. The van der Waals surface area contributed by atoms with E-state index in [9.17, 15) is 15.2 Å². The van der Waals surface area contributed by atoms with Crippen LogP contribution in [0.4, 0.5) is 5.69 Å². The van der Waals surface area contributed by atoms with E-state index in [2.05, 4.69) is 4.90 Å². The van der Waals surface area contributed by atoms with Crippen molar-refractivity contribution in [3.05, 3.63) is 81.9 Å². The van der Waals surface area contributed by atoms with E-state index in [4.69, 9.17) is 0 Å². The molecule has 5 nitrogen and oxygen atoms in total. The van der Waals surface area contributed by atoms with Crippen LogP contribution in [0.2, 0.25) is 0 Å².